The first-order valence-corrected chi connectivity index (χ1v) is 6.76. The third-order valence-electron chi connectivity index (χ3n) is 3.54. The van der Waals surface area contributed by atoms with Crippen LogP contribution in [0.3, 0.4) is 0 Å². The zero-order valence-corrected chi connectivity index (χ0v) is 11.1. The second kappa shape index (κ2) is 5.23. The van der Waals surface area contributed by atoms with Crippen molar-refractivity contribution in [3.63, 3.8) is 0 Å². The Hall–Kier alpha value is -1.52. The number of furan rings is 1. The normalized spacial score (nSPS) is 23.1. The number of fused-ring (bicyclic) bond motifs is 1. The molecule has 102 valence electrons. The van der Waals surface area contributed by atoms with Gasteiger partial charge in [0.15, 0.2) is 11.5 Å². The van der Waals surface area contributed by atoms with E-state index in [0.717, 1.165) is 29.6 Å². The number of rotatable bonds is 4. The molecule has 1 aromatic heterocycles. The number of hydrogen-bond acceptors (Lipinski definition) is 4. The lowest BCUT2D eigenvalue weighted by Gasteiger charge is -2.12. The van der Waals surface area contributed by atoms with Gasteiger partial charge in [-0.1, -0.05) is 12.1 Å². The van der Waals surface area contributed by atoms with Crippen LogP contribution >= 0.6 is 0 Å². The molecule has 2 heterocycles. The molecule has 1 saturated heterocycles. The third-order valence-corrected chi connectivity index (χ3v) is 3.54. The van der Waals surface area contributed by atoms with Crippen LogP contribution in [0.15, 0.2) is 28.7 Å². The average molecular weight is 261 g/mol. The molecule has 1 aromatic carbocycles. The van der Waals surface area contributed by atoms with Crippen LogP contribution in [0, 0.1) is 0 Å². The Bertz CT molecular complexity index is 564. The van der Waals surface area contributed by atoms with E-state index < -0.39 is 0 Å². The lowest BCUT2D eigenvalue weighted by Crippen LogP contribution is -2.18. The fraction of sp³-hybridized carbons (Fsp3) is 0.467. The molecular weight excluding hydrogens is 242 g/mol. The van der Waals surface area contributed by atoms with Crippen molar-refractivity contribution < 1.29 is 13.9 Å². The highest BCUT2D eigenvalue weighted by atomic mass is 16.5. The Morgan fingerprint density at radius 1 is 1.32 bits per heavy atom. The zero-order chi connectivity index (χ0) is 13.2. The molecule has 3 rings (SSSR count). The van der Waals surface area contributed by atoms with E-state index in [-0.39, 0.29) is 6.10 Å². The topological polar surface area (TPSA) is 57.6 Å². The molecule has 0 amide bonds. The summed E-state index contributed by atoms with van der Waals surface area (Å²) in [7, 11) is 0. The van der Waals surface area contributed by atoms with Crippen LogP contribution in [0.2, 0.25) is 0 Å². The standard InChI is InChI=1S/C15H19NO3/c1-10-6-7-11(18-10)9-17-15-12-4-2-3-5-13(12)19-14(15)8-16/h2-5,10-11H,6-9,16H2,1H3. The average Bonchev–Trinajstić information content (AvgIpc) is 2.99. The van der Waals surface area contributed by atoms with Crippen molar-refractivity contribution in [3.8, 4) is 5.75 Å². The van der Waals surface area contributed by atoms with Gasteiger partial charge in [-0.15, -0.1) is 0 Å². The van der Waals surface area contributed by atoms with Gasteiger partial charge in [-0.25, -0.2) is 0 Å². The summed E-state index contributed by atoms with van der Waals surface area (Å²) >= 11 is 0. The molecule has 2 atom stereocenters. The van der Waals surface area contributed by atoms with Crippen molar-refractivity contribution >= 4 is 11.0 Å². The molecule has 0 aliphatic carbocycles. The molecule has 1 aliphatic heterocycles. The molecule has 0 radical (unpaired) electrons. The van der Waals surface area contributed by atoms with Crippen LogP contribution in [-0.2, 0) is 11.3 Å². The van der Waals surface area contributed by atoms with Crippen molar-refractivity contribution in [2.45, 2.75) is 38.5 Å². The summed E-state index contributed by atoms with van der Waals surface area (Å²) in [6.45, 7) is 2.99. The lowest BCUT2D eigenvalue weighted by molar-refractivity contribution is 0.0263. The molecule has 2 aromatic rings. The van der Waals surface area contributed by atoms with E-state index in [2.05, 4.69) is 6.92 Å². The minimum absolute atomic E-state index is 0.175. The summed E-state index contributed by atoms with van der Waals surface area (Å²) < 4.78 is 17.4. The van der Waals surface area contributed by atoms with Gasteiger partial charge in [0, 0.05) is 0 Å². The van der Waals surface area contributed by atoms with Crippen LogP contribution in [0.25, 0.3) is 11.0 Å². The Morgan fingerprint density at radius 3 is 2.89 bits per heavy atom. The van der Waals surface area contributed by atoms with E-state index in [1.54, 1.807) is 0 Å². The first-order valence-electron chi connectivity index (χ1n) is 6.76. The van der Waals surface area contributed by atoms with Crippen LogP contribution in [0.4, 0.5) is 0 Å². The van der Waals surface area contributed by atoms with Gasteiger partial charge in [0.2, 0.25) is 0 Å². The van der Waals surface area contributed by atoms with Gasteiger partial charge in [0.25, 0.3) is 0 Å². The number of para-hydroxylation sites is 1. The van der Waals surface area contributed by atoms with Crippen molar-refractivity contribution in [2.75, 3.05) is 6.61 Å². The molecule has 2 unspecified atom stereocenters. The van der Waals surface area contributed by atoms with E-state index in [0.29, 0.717) is 25.0 Å². The maximum absolute atomic E-state index is 5.91. The Labute approximate surface area is 112 Å². The van der Waals surface area contributed by atoms with E-state index in [1.807, 2.05) is 24.3 Å². The Balaban J connectivity index is 1.79. The highest BCUT2D eigenvalue weighted by Gasteiger charge is 2.23. The zero-order valence-electron chi connectivity index (χ0n) is 11.1. The molecule has 0 spiro atoms. The first kappa shape index (κ1) is 12.5. The van der Waals surface area contributed by atoms with Gasteiger partial charge >= 0.3 is 0 Å². The summed E-state index contributed by atoms with van der Waals surface area (Å²) in [5.41, 5.74) is 6.53. The smallest absolute Gasteiger partial charge is 0.169 e. The second-order valence-electron chi connectivity index (χ2n) is 5.01. The SMILES string of the molecule is CC1CCC(COc2c(CN)oc3ccccc23)O1. The van der Waals surface area contributed by atoms with Gasteiger partial charge in [-0.2, -0.15) is 0 Å². The monoisotopic (exact) mass is 261 g/mol. The van der Waals surface area contributed by atoms with E-state index in [4.69, 9.17) is 19.6 Å². The minimum Gasteiger partial charge on any atom is -0.486 e. The number of nitrogens with two attached hydrogens (primary N) is 1. The predicted octanol–water partition coefficient (Wildman–Crippen LogP) is 2.84. The maximum Gasteiger partial charge on any atom is 0.169 e. The third kappa shape index (κ3) is 2.46. The highest BCUT2D eigenvalue weighted by Crippen LogP contribution is 2.33. The Morgan fingerprint density at radius 2 is 2.16 bits per heavy atom. The van der Waals surface area contributed by atoms with Crippen LogP contribution < -0.4 is 10.5 Å². The number of benzene rings is 1. The maximum atomic E-state index is 5.91. The van der Waals surface area contributed by atoms with Crippen molar-refractivity contribution in [2.24, 2.45) is 5.73 Å². The summed E-state index contributed by atoms with van der Waals surface area (Å²) in [5, 5.41) is 0.981. The number of hydrogen-bond donors (Lipinski definition) is 1. The largest absolute Gasteiger partial charge is 0.486 e. The molecule has 0 saturated carbocycles. The predicted molar refractivity (Wildman–Crippen MR) is 73.2 cm³/mol. The first-order chi connectivity index (χ1) is 9.28. The van der Waals surface area contributed by atoms with E-state index in [9.17, 15) is 0 Å². The van der Waals surface area contributed by atoms with Crippen LogP contribution in [0.5, 0.6) is 5.75 Å². The summed E-state index contributed by atoms with van der Waals surface area (Å²) in [5.74, 6) is 1.47. The lowest BCUT2D eigenvalue weighted by atomic mass is 10.2. The molecule has 0 bridgehead atoms. The number of ether oxygens (including phenoxy) is 2. The molecule has 4 nitrogen and oxygen atoms in total. The molecule has 1 aliphatic rings. The fourth-order valence-corrected chi connectivity index (χ4v) is 2.55. The van der Waals surface area contributed by atoms with Crippen LogP contribution in [-0.4, -0.2) is 18.8 Å². The summed E-state index contributed by atoms with van der Waals surface area (Å²) in [6.07, 6.45) is 2.66. The molecule has 1 fully saturated rings. The van der Waals surface area contributed by atoms with Gasteiger partial charge in [0.05, 0.1) is 24.1 Å². The van der Waals surface area contributed by atoms with Crippen molar-refractivity contribution in [1.29, 1.82) is 0 Å². The highest BCUT2D eigenvalue weighted by molar-refractivity contribution is 5.85. The van der Waals surface area contributed by atoms with Crippen LogP contribution in [0.1, 0.15) is 25.5 Å². The molecule has 2 N–H and O–H groups in total. The summed E-state index contributed by atoms with van der Waals surface area (Å²) in [6, 6.07) is 7.83. The minimum atomic E-state index is 0.175. The van der Waals surface area contributed by atoms with Gasteiger partial charge < -0.3 is 19.6 Å². The molecule has 4 heteroatoms. The van der Waals surface area contributed by atoms with Gasteiger partial charge in [-0.05, 0) is 31.9 Å². The van der Waals surface area contributed by atoms with E-state index >= 15 is 0 Å². The Kier molecular flexibility index (Phi) is 3.44. The molecule has 19 heavy (non-hydrogen) atoms. The molecular formula is C15H19NO3. The summed E-state index contributed by atoms with van der Waals surface area (Å²) in [4.78, 5) is 0. The van der Waals surface area contributed by atoms with E-state index in [1.165, 1.54) is 0 Å². The van der Waals surface area contributed by atoms with Crippen molar-refractivity contribution in [3.05, 3.63) is 30.0 Å². The second-order valence-corrected chi connectivity index (χ2v) is 5.01. The van der Waals surface area contributed by atoms with Gasteiger partial charge in [-0.3, -0.25) is 0 Å². The quantitative estimate of drug-likeness (QED) is 0.919. The van der Waals surface area contributed by atoms with Crippen molar-refractivity contribution in [1.82, 2.24) is 0 Å². The fourth-order valence-electron chi connectivity index (χ4n) is 2.55. The van der Waals surface area contributed by atoms with Gasteiger partial charge in [0.1, 0.15) is 12.2 Å².